The molecule has 1 aromatic rings. The van der Waals surface area contributed by atoms with Crippen molar-refractivity contribution in [2.75, 3.05) is 21.3 Å². The van der Waals surface area contributed by atoms with E-state index >= 15 is 0 Å². The average molecular weight is 268 g/mol. The molecule has 0 saturated heterocycles. The van der Waals surface area contributed by atoms with E-state index in [9.17, 15) is 0 Å². The van der Waals surface area contributed by atoms with E-state index < -0.39 is 0 Å². The lowest BCUT2D eigenvalue weighted by Gasteiger charge is -2.12. The van der Waals surface area contributed by atoms with Crippen molar-refractivity contribution in [3.8, 4) is 17.2 Å². The zero-order valence-electron chi connectivity index (χ0n) is 10.9. The number of hydrogen-bond acceptors (Lipinski definition) is 6. The van der Waals surface area contributed by atoms with E-state index in [1.165, 1.54) is 27.5 Å². The van der Waals surface area contributed by atoms with Crippen molar-refractivity contribution in [1.82, 2.24) is 5.48 Å². The molecule has 0 radical (unpaired) electrons. The number of nitrogens with zero attached hydrogens (tertiary/aromatic N) is 2. The normalized spacial score (nSPS) is 11.5. The molecule has 0 heterocycles. The maximum Gasteiger partial charge on any atom is 0.237 e. The van der Waals surface area contributed by atoms with Crippen molar-refractivity contribution in [3.63, 3.8) is 0 Å². The Morgan fingerprint density at radius 3 is 2.21 bits per heavy atom. The first kappa shape index (κ1) is 14.6. The minimum absolute atomic E-state index is 0.219. The fourth-order valence-electron chi connectivity index (χ4n) is 1.36. The minimum atomic E-state index is -0.219. The number of hydroxylamine groups is 1. The summed E-state index contributed by atoms with van der Waals surface area (Å²) in [6, 6.07) is 3.39. The van der Waals surface area contributed by atoms with Gasteiger partial charge in [-0.25, -0.2) is 5.48 Å². The summed E-state index contributed by atoms with van der Waals surface area (Å²) < 4.78 is 15.6. The zero-order chi connectivity index (χ0) is 14.3. The average Bonchev–Trinajstić information content (AvgIpc) is 2.45. The highest BCUT2D eigenvalue weighted by Crippen LogP contribution is 2.37. The summed E-state index contributed by atoms with van der Waals surface area (Å²) in [6.07, 6.45) is 1.43. The van der Waals surface area contributed by atoms with Crippen molar-refractivity contribution in [2.24, 2.45) is 15.9 Å². The molecule has 0 atom stereocenters. The van der Waals surface area contributed by atoms with E-state index in [0.29, 0.717) is 22.8 Å². The third kappa shape index (κ3) is 3.75. The highest BCUT2D eigenvalue weighted by molar-refractivity contribution is 5.83. The molecule has 1 rings (SSSR count). The number of hydrogen-bond donors (Lipinski definition) is 3. The number of guanidine groups is 1. The van der Waals surface area contributed by atoms with Gasteiger partial charge < -0.3 is 19.9 Å². The molecule has 1 aromatic carbocycles. The molecule has 0 aliphatic rings. The molecule has 0 amide bonds. The molecule has 8 heteroatoms. The Morgan fingerprint density at radius 2 is 1.79 bits per heavy atom. The lowest BCUT2D eigenvalue weighted by molar-refractivity contribution is 0.232. The predicted octanol–water partition coefficient (Wildman–Crippen LogP) is 0.340. The SMILES string of the molecule is COc1cc(/C=N\N=C(N)NO)cc(OC)c1OC. The van der Waals surface area contributed by atoms with Gasteiger partial charge in [-0.3, -0.25) is 5.21 Å². The van der Waals surface area contributed by atoms with Crippen LogP contribution in [0.5, 0.6) is 17.2 Å². The fourth-order valence-corrected chi connectivity index (χ4v) is 1.36. The van der Waals surface area contributed by atoms with Crippen LogP contribution in [-0.2, 0) is 0 Å². The Balaban J connectivity index is 3.09. The van der Waals surface area contributed by atoms with Crippen molar-refractivity contribution < 1.29 is 19.4 Å². The second-order valence-corrected chi connectivity index (χ2v) is 3.30. The highest BCUT2D eigenvalue weighted by atomic mass is 16.5. The number of ether oxygens (including phenoxy) is 3. The van der Waals surface area contributed by atoms with E-state index in [1.807, 2.05) is 0 Å². The molecule has 0 saturated carbocycles. The maximum atomic E-state index is 8.43. The van der Waals surface area contributed by atoms with Crippen LogP contribution in [0.15, 0.2) is 22.3 Å². The first-order valence-corrected chi connectivity index (χ1v) is 5.22. The fraction of sp³-hybridized carbons (Fsp3) is 0.273. The molecule has 0 fully saturated rings. The van der Waals surface area contributed by atoms with Gasteiger partial charge >= 0.3 is 0 Å². The van der Waals surface area contributed by atoms with Crippen molar-refractivity contribution in [1.29, 1.82) is 0 Å². The summed E-state index contributed by atoms with van der Waals surface area (Å²) in [6.45, 7) is 0. The van der Waals surface area contributed by atoms with Gasteiger partial charge in [-0.2, -0.15) is 5.10 Å². The van der Waals surface area contributed by atoms with Crippen LogP contribution in [-0.4, -0.2) is 38.7 Å². The van der Waals surface area contributed by atoms with Crippen LogP contribution in [0.1, 0.15) is 5.56 Å². The van der Waals surface area contributed by atoms with Crippen LogP contribution in [0.3, 0.4) is 0 Å². The van der Waals surface area contributed by atoms with Crippen LogP contribution >= 0.6 is 0 Å². The molecule has 4 N–H and O–H groups in total. The van der Waals surface area contributed by atoms with E-state index in [0.717, 1.165) is 0 Å². The molecule has 0 unspecified atom stereocenters. The molecule has 104 valence electrons. The highest BCUT2D eigenvalue weighted by Gasteiger charge is 2.12. The van der Waals surface area contributed by atoms with Gasteiger partial charge in [-0.15, -0.1) is 5.10 Å². The molecule has 8 nitrogen and oxygen atoms in total. The summed E-state index contributed by atoms with van der Waals surface area (Å²) in [5.41, 5.74) is 7.53. The summed E-state index contributed by atoms with van der Waals surface area (Å²) in [4.78, 5) is 0. The monoisotopic (exact) mass is 268 g/mol. The number of nitrogens with one attached hydrogen (secondary N) is 1. The zero-order valence-corrected chi connectivity index (χ0v) is 10.9. The Bertz CT molecular complexity index is 463. The van der Waals surface area contributed by atoms with Crippen LogP contribution in [0, 0.1) is 0 Å². The van der Waals surface area contributed by atoms with Gasteiger partial charge in [0, 0.05) is 5.56 Å². The Hall–Kier alpha value is -2.48. The van der Waals surface area contributed by atoms with Gasteiger partial charge in [-0.1, -0.05) is 0 Å². The first-order valence-electron chi connectivity index (χ1n) is 5.22. The summed E-state index contributed by atoms with van der Waals surface area (Å²) in [7, 11) is 4.56. The van der Waals surface area contributed by atoms with E-state index in [1.54, 1.807) is 17.6 Å². The van der Waals surface area contributed by atoms with Crippen LogP contribution in [0.25, 0.3) is 0 Å². The number of nitrogens with two attached hydrogens (primary N) is 1. The predicted molar refractivity (Wildman–Crippen MR) is 70.2 cm³/mol. The quantitative estimate of drug-likeness (QED) is 0.403. The van der Waals surface area contributed by atoms with Gasteiger partial charge in [0.15, 0.2) is 11.5 Å². The van der Waals surface area contributed by atoms with Gasteiger partial charge in [0.2, 0.25) is 11.7 Å². The van der Waals surface area contributed by atoms with Gasteiger partial charge in [0.05, 0.1) is 27.5 Å². The van der Waals surface area contributed by atoms with Gasteiger partial charge in [0.1, 0.15) is 0 Å². The van der Waals surface area contributed by atoms with Crippen molar-refractivity contribution in [2.45, 2.75) is 0 Å². The largest absolute Gasteiger partial charge is 0.493 e. The van der Waals surface area contributed by atoms with Crippen molar-refractivity contribution >= 4 is 12.2 Å². The van der Waals surface area contributed by atoms with E-state index in [-0.39, 0.29) is 5.96 Å². The molecule has 19 heavy (non-hydrogen) atoms. The smallest absolute Gasteiger partial charge is 0.237 e. The second-order valence-electron chi connectivity index (χ2n) is 3.30. The third-order valence-corrected chi connectivity index (χ3v) is 2.17. The van der Waals surface area contributed by atoms with Crippen LogP contribution in [0.4, 0.5) is 0 Å². The van der Waals surface area contributed by atoms with Crippen LogP contribution in [0.2, 0.25) is 0 Å². The molecule has 0 aliphatic carbocycles. The Labute approximate surface area is 110 Å². The lowest BCUT2D eigenvalue weighted by atomic mass is 10.2. The lowest BCUT2D eigenvalue weighted by Crippen LogP contribution is -2.27. The van der Waals surface area contributed by atoms with E-state index in [2.05, 4.69) is 10.2 Å². The van der Waals surface area contributed by atoms with Crippen molar-refractivity contribution in [3.05, 3.63) is 17.7 Å². The Kier molecular flexibility index (Phi) is 5.42. The molecular formula is C11H16N4O4. The Morgan fingerprint density at radius 1 is 1.21 bits per heavy atom. The number of benzene rings is 1. The second kappa shape index (κ2) is 7.07. The molecular weight excluding hydrogens is 252 g/mol. The minimum Gasteiger partial charge on any atom is -0.493 e. The summed E-state index contributed by atoms with van der Waals surface area (Å²) >= 11 is 0. The maximum absolute atomic E-state index is 8.43. The molecule has 0 aliphatic heterocycles. The van der Waals surface area contributed by atoms with Gasteiger partial charge in [0.25, 0.3) is 0 Å². The molecule has 0 spiro atoms. The number of rotatable bonds is 5. The number of methoxy groups -OCH3 is 3. The third-order valence-electron chi connectivity index (χ3n) is 2.17. The van der Waals surface area contributed by atoms with E-state index in [4.69, 9.17) is 25.2 Å². The first-order chi connectivity index (χ1) is 9.15. The van der Waals surface area contributed by atoms with Crippen LogP contribution < -0.4 is 25.4 Å². The summed E-state index contributed by atoms with van der Waals surface area (Å²) in [5.74, 6) is 1.27. The standard InChI is InChI=1S/C11H16N4O4/c1-17-8-4-7(6-13-14-11(12)15-16)5-9(18-2)10(8)19-3/h4-6,16H,1-3H3,(H3,12,14,15)/b13-6-. The van der Waals surface area contributed by atoms with Gasteiger partial charge in [-0.05, 0) is 12.1 Å². The molecule has 0 aromatic heterocycles. The topological polar surface area (TPSA) is 111 Å². The molecule has 0 bridgehead atoms. The summed E-state index contributed by atoms with van der Waals surface area (Å²) in [5, 5.41) is 15.6.